The summed E-state index contributed by atoms with van der Waals surface area (Å²) in [4.78, 5) is 24.3. The van der Waals surface area contributed by atoms with Crippen molar-refractivity contribution in [2.24, 2.45) is 0 Å². The minimum absolute atomic E-state index is 0.122. The maximum Gasteiger partial charge on any atom is 0.573 e. The number of nitrogens with one attached hydrogen (secondary N) is 3. The van der Waals surface area contributed by atoms with E-state index in [0.29, 0.717) is 16.9 Å². The number of amides is 2. The summed E-state index contributed by atoms with van der Waals surface area (Å²) in [6.07, 6.45) is -2.75. The number of halogens is 3. The van der Waals surface area contributed by atoms with E-state index in [2.05, 4.69) is 20.7 Å². The Morgan fingerprint density at radius 2 is 1.59 bits per heavy atom. The maximum atomic E-state index is 12.3. The Morgan fingerprint density at radius 3 is 2.14 bits per heavy atom. The van der Waals surface area contributed by atoms with E-state index in [-0.39, 0.29) is 23.6 Å². The molecule has 1 saturated carbocycles. The fourth-order valence-corrected chi connectivity index (χ4v) is 2.52. The molecule has 154 valence electrons. The van der Waals surface area contributed by atoms with Gasteiger partial charge in [-0.05, 0) is 68.3 Å². The van der Waals surface area contributed by atoms with E-state index in [1.807, 2.05) is 0 Å². The summed E-state index contributed by atoms with van der Waals surface area (Å²) in [7, 11) is 0. The number of ether oxygens (including phenoxy) is 1. The van der Waals surface area contributed by atoms with Crippen molar-refractivity contribution in [3.63, 3.8) is 0 Å². The predicted molar refractivity (Wildman–Crippen MR) is 102 cm³/mol. The first-order valence-corrected chi connectivity index (χ1v) is 9.04. The lowest BCUT2D eigenvalue weighted by atomic mass is 10.1. The van der Waals surface area contributed by atoms with Crippen LogP contribution in [0.1, 0.15) is 30.1 Å². The lowest BCUT2D eigenvalue weighted by Gasteiger charge is -2.16. The number of alkyl halides is 3. The van der Waals surface area contributed by atoms with Gasteiger partial charge in [-0.3, -0.25) is 9.59 Å². The molecule has 2 amide bonds. The van der Waals surface area contributed by atoms with Crippen molar-refractivity contribution in [3.05, 3.63) is 54.1 Å². The molecule has 0 saturated heterocycles. The summed E-state index contributed by atoms with van der Waals surface area (Å²) in [5, 5.41) is 8.51. The Balaban J connectivity index is 1.51. The van der Waals surface area contributed by atoms with Gasteiger partial charge < -0.3 is 20.7 Å². The maximum absolute atomic E-state index is 12.3. The van der Waals surface area contributed by atoms with Crippen molar-refractivity contribution in [1.29, 1.82) is 0 Å². The number of benzene rings is 2. The monoisotopic (exact) mass is 407 g/mol. The molecule has 0 bridgehead atoms. The lowest BCUT2D eigenvalue weighted by molar-refractivity contribution is -0.274. The number of rotatable bonds is 7. The van der Waals surface area contributed by atoms with Crippen molar-refractivity contribution in [3.8, 4) is 5.75 Å². The molecule has 0 aromatic heterocycles. The molecule has 0 heterocycles. The standard InChI is InChI=1S/C20H20F3N3O3/c1-12(18(27)25-16-8-10-17(11-9-16)29-20(21,22)23)24-14-4-2-13(3-5-14)19(28)26-15-6-7-15/h2-5,8-12,15,24H,6-7H2,1H3,(H,25,27)(H,26,28). The zero-order valence-electron chi connectivity index (χ0n) is 15.5. The molecule has 1 aliphatic rings. The highest BCUT2D eigenvalue weighted by Gasteiger charge is 2.31. The fourth-order valence-electron chi connectivity index (χ4n) is 2.52. The highest BCUT2D eigenvalue weighted by Crippen LogP contribution is 2.24. The summed E-state index contributed by atoms with van der Waals surface area (Å²) < 4.78 is 40.3. The van der Waals surface area contributed by atoms with Gasteiger partial charge in [0, 0.05) is 23.0 Å². The third kappa shape index (κ3) is 6.41. The summed E-state index contributed by atoms with van der Waals surface area (Å²) in [6.45, 7) is 1.64. The molecule has 1 atom stereocenters. The number of hydrogen-bond acceptors (Lipinski definition) is 4. The zero-order valence-corrected chi connectivity index (χ0v) is 15.5. The molecule has 0 spiro atoms. The van der Waals surface area contributed by atoms with Gasteiger partial charge in [0.15, 0.2) is 0 Å². The molecule has 0 aliphatic heterocycles. The SMILES string of the molecule is CC(Nc1ccc(C(=O)NC2CC2)cc1)C(=O)Nc1ccc(OC(F)(F)F)cc1. The van der Waals surface area contributed by atoms with Crippen LogP contribution in [0.15, 0.2) is 48.5 Å². The number of hydrogen-bond donors (Lipinski definition) is 3. The molecule has 0 radical (unpaired) electrons. The van der Waals surface area contributed by atoms with Gasteiger partial charge in [0.25, 0.3) is 5.91 Å². The van der Waals surface area contributed by atoms with Crippen LogP contribution in [0.5, 0.6) is 5.75 Å². The van der Waals surface area contributed by atoms with E-state index in [9.17, 15) is 22.8 Å². The quantitative estimate of drug-likeness (QED) is 0.650. The second kappa shape index (κ2) is 8.42. The highest BCUT2D eigenvalue weighted by atomic mass is 19.4. The van der Waals surface area contributed by atoms with Crippen LogP contribution in [0.2, 0.25) is 0 Å². The third-order valence-electron chi connectivity index (χ3n) is 4.19. The van der Waals surface area contributed by atoms with Crippen molar-refractivity contribution in [2.45, 2.75) is 38.2 Å². The van der Waals surface area contributed by atoms with Crippen LogP contribution in [0.4, 0.5) is 24.5 Å². The molecule has 6 nitrogen and oxygen atoms in total. The Bertz CT molecular complexity index is 863. The Labute approximate surface area is 165 Å². The molecule has 3 rings (SSSR count). The van der Waals surface area contributed by atoms with E-state index in [0.717, 1.165) is 25.0 Å². The first-order chi connectivity index (χ1) is 13.7. The number of carbonyl (C=O) groups is 2. The Morgan fingerprint density at radius 1 is 1.00 bits per heavy atom. The first-order valence-electron chi connectivity index (χ1n) is 9.04. The summed E-state index contributed by atoms with van der Waals surface area (Å²) in [6, 6.07) is 11.3. The molecular formula is C20H20F3N3O3. The van der Waals surface area contributed by atoms with Crippen LogP contribution in [0.25, 0.3) is 0 Å². The van der Waals surface area contributed by atoms with Gasteiger partial charge in [-0.2, -0.15) is 0 Å². The van der Waals surface area contributed by atoms with Gasteiger partial charge in [-0.15, -0.1) is 13.2 Å². The second-order valence-corrected chi connectivity index (χ2v) is 6.75. The molecule has 2 aromatic rings. The molecule has 1 unspecified atom stereocenters. The van der Waals surface area contributed by atoms with Crippen molar-refractivity contribution >= 4 is 23.2 Å². The summed E-state index contributed by atoms with van der Waals surface area (Å²) in [5.74, 6) is -0.861. The Kier molecular flexibility index (Phi) is 5.95. The van der Waals surface area contributed by atoms with Gasteiger partial charge in [0.1, 0.15) is 11.8 Å². The third-order valence-corrected chi connectivity index (χ3v) is 4.19. The average molecular weight is 407 g/mol. The molecule has 1 aliphatic carbocycles. The van der Waals surface area contributed by atoms with Gasteiger partial charge >= 0.3 is 6.36 Å². The topological polar surface area (TPSA) is 79.5 Å². The minimum atomic E-state index is -4.77. The predicted octanol–water partition coefficient (Wildman–Crippen LogP) is 3.92. The summed E-state index contributed by atoms with van der Waals surface area (Å²) >= 11 is 0. The van der Waals surface area contributed by atoms with Crippen LogP contribution >= 0.6 is 0 Å². The smallest absolute Gasteiger partial charge is 0.406 e. The second-order valence-electron chi connectivity index (χ2n) is 6.75. The van der Waals surface area contributed by atoms with Gasteiger partial charge in [0.2, 0.25) is 5.91 Å². The Hall–Kier alpha value is -3.23. The zero-order chi connectivity index (χ0) is 21.0. The first kappa shape index (κ1) is 20.5. The van der Waals surface area contributed by atoms with Crippen molar-refractivity contribution in [1.82, 2.24) is 5.32 Å². The molecule has 2 aromatic carbocycles. The van der Waals surface area contributed by atoms with Gasteiger partial charge in [-0.25, -0.2) is 0 Å². The molecular weight excluding hydrogens is 387 g/mol. The van der Waals surface area contributed by atoms with Crippen LogP contribution in [-0.4, -0.2) is 30.3 Å². The molecule has 1 fully saturated rings. The van der Waals surface area contributed by atoms with E-state index in [1.165, 1.54) is 12.1 Å². The van der Waals surface area contributed by atoms with Crippen molar-refractivity contribution in [2.75, 3.05) is 10.6 Å². The summed E-state index contributed by atoms with van der Waals surface area (Å²) in [5.41, 5.74) is 1.54. The van der Waals surface area contributed by atoms with E-state index >= 15 is 0 Å². The van der Waals surface area contributed by atoms with E-state index in [1.54, 1.807) is 31.2 Å². The number of carbonyl (C=O) groups excluding carboxylic acids is 2. The van der Waals surface area contributed by atoms with Crippen LogP contribution in [-0.2, 0) is 4.79 Å². The highest BCUT2D eigenvalue weighted by molar-refractivity contribution is 5.97. The van der Waals surface area contributed by atoms with Crippen LogP contribution in [0, 0.1) is 0 Å². The normalized spacial score (nSPS) is 14.6. The van der Waals surface area contributed by atoms with Gasteiger partial charge in [0.05, 0.1) is 0 Å². The molecule has 29 heavy (non-hydrogen) atoms. The largest absolute Gasteiger partial charge is 0.573 e. The average Bonchev–Trinajstić information content (AvgIpc) is 3.46. The lowest BCUT2D eigenvalue weighted by Crippen LogP contribution is -2.31. The van der Waals surface area contributed by atoms with Crippen LogP contribution in [0.3, 0.4) is 0 Å². The minimum Gasteiger partial charge on any atom is -0.406 e. The molecule has 9 heteroatoms. The van der Waals surface area contributed by atoms with Crippen molar-refractivity contribution < 1.29 is 27.5 Å². The fraction of sp³-hybridized carbons (Fsp3) is 0.300. The molecule has 3 N–H and O–H groups in total. The van der Waals surface area contributed by atoms with Crippen LogP contribution < -0.4 is 20.7 Å². The van der Waals surface area contributed by atoms with E-state index < -0.39 is 12.4 Å². The van der Waals surface area contributed by atoms with Gasteiger partial charge in [-0.1, -0.05) is 0 Å². The number of anilines is 2. The van der Waals surface area contributed by atoms with E-state index in [4.69, 9.17) is 0 Å².